The highest BCUT2D eigenvalue weighted by molar-refractivity contribution is 5.75. The summed E-state index contributed by atoms with van der Waals surface area (Å²) < 4.78 is 5.82. The highest BCUT2D eigenvalue weighted by Crippen LogP contribution is 2.29. The Morgan fingerprint density at radius 2 is 2.23 bits per heavy atom. The molecule has 4 heteroatoms. The molecule has 0 aromatic heterocycles. The summed E-state index contributed by atoms with van der Waals surface area (Å²) in [5.41, 5.74) is 2.70. The number of amides is 1. The van der Waals surface area contributed by atoms with Crippen LogP contribution in [0.1, 0.15) is 44.6 Å². The lowest BCUT2D eigenvalue weighted by Gasteiger charge is -2.27. The van der Waals surface area contributed by atoms with Crippen LogP contribution in [0.15, 0.2) is 18.2 Å². The van der Waals surface area contributed by atoms with Crippen LogP contribution in [-0.2, 0) is 11.2 Å². The molecular formula is C18H28N2O2. The predicted molar refractivity (Wildman–Crippen MR) is 90.7 cm³/mol. The van der Waals surface area contributed by atoms with E-state index >= 15 is 0 Å². The van der Waals surface area contributed by atoms with Crippen molar-refractivity contribution in [1.82, 2.24) is 5.32 Å². The van der Waals surface area contributed by atoms with E-state index in [1.54, 1.807) is 0 Å². The Morgan fingerprint density at radius 3 is 3.05 bits per heavy atom. The number of rotatable bonds is 8. The molecule has 0 atom stereocenters. The number of hydrogen-bond acceptors (Lipinski definition) is 3. The van der Waals surface area contributed by atoms with Crippen LogP contribution in [0.5, 0.6) is 5.75 Å². The number of ether oxygens (including phenoxy) is 1. The molecule has 2 rings (SSSR count). The first-order valence-electron chi connectivity index (χ1n) is 8.44. The van der Waals surface area contributed by atoms with E-state index in [0.29, 0.717) is 13.0 Å². The van der Waals surface area contributed by atoms with Gasteiger partial charge in [0.05, 0.1) is 6.61 Å². The fourth-order valence-electron chi connectivity index (χ4n) is 2.78. The second-order valence-corrected chi connectivity index (χ2v) is 5.97. The molecule has 0 saturated carbocycles. The zero-order chi connectivity index (χ0) is 15.8. The number of unbranched alkanes of at least 4 members (excludes halogenated alkanes) is 1. The first-order valence-corrected chi connectivity index (χ1v) is 8.44. The van der Waals surface area contributed by atoms with Gasteiger partial charge in [0, 0.05) is 32.2 Å². The smallest absolute Gasteiger partial charge is 0.219 e. The Morgan fingerprint density at radius 1 is 1.36 bits per heavy atom. The van der Waals surface area contributed by atoms with Crippen molar-refractivity contribution in [3.8, 4) is 5.75 Å². The molecule has 4 nitrogen and oxygen atoms in total. The SMILES string of the molecule is CCCNC(=O)CCCCOc1ccc2c(c1)CCCN2C. The van der Waals surface area contributed by atoms with E-state index in [1.165, 1.54) is 17.7 Å². The van der Waals surface area contributed by atoms with Gasteiger partial charge in [-0.2, -0.15) is 0 Å². The number of carbonyl (C=O) groups excluding carboxylic acids is 1. The predicted octanol–water partition coefficient (Wildman–Crippen LogP) is 3.14. The van der Waals surface area contributed by atoms with Crippen molar-refractivity contribution >= 4 is 11.6 Å². The van der Waals surface area contributed by atoms with Gasteiger partial charge in [0.25, 0.3) is 0 Å². The summed E-state index contributed by atoms with van der Waals surface area (Å²) in [5.74, 6) is 1.10. The maximum absolute atomic E-state index is 11.5. The van der Waals surface area contributed by atoms with E-state index in [1.807, 2.05) is 0 Å². The molecule has 0 bridgehead atoms. The fraction of sp³-hybridized carbons (Fsp3) is 0.611. The van der Waals surface area contributed by atoms with E-state index in [2.05, 4.69) is 42.4 Å². The number of nitrogens with zero attached hydrogens (tertiary/aromatic N) is 1. The van der Waals surface area contributed by atoms with Crippen LogP contribution in [0.3, 0.4) is 0 Å². The highest BCUT2D eigenvalue weighted by atomic mass is 16.5. The number of fused-ring (bicyclic) bond motifs is 1. The molecule has 1 aromatic rings. The van der Waals surface area contributed by atoms with Crippen molar-refractivity contribution in [2.75, 3.05) is 31.6 Å². The van der Waals surface area contributed by atoms with Gasteiger partial charge in [0.1, 0.15) is 5.75 Å². The van der Waals surface area contributed by atoms with E-state index in [-0.39, 0.29) is 5.91 Å². The summed E-state index contributed by atoms with van der Waals surface area (Å²) in [6.07, 6.45) is 5.72. The number of aryl methyl sites for hydroxylation is 1. The number of benzene rings is 1. The summed E-state index contributed by atoms with van der Waals surface area (Å²) in [6, 6.07) is 6.37. The molecule has 1 aromatic carbocycles. The van der Waals surface area contributed by atoms with Crippen molar-refractivity contribution in [3.05, 3.63) is 23.8 Å². The molecule has 1 aliphatic rings. The number of anilines is 1. The minimum absolute atomic E-state index is 0.152. The Kier molecular flexibility index (Phi) is 6.56. The Hall–Kier alpha value is -1.71. The Bertz CT molecular complexity index is 488. The summed E-state index contributed by atoms with van der Waals surface area (Å²) in [7, 11) is 2.14. The van der Waals surface area contributed by atoms with Crippen LogP contribution in [0.2, 0.25) is 0 Å². The Balaban J connectivity index is 1.68. The molecule has 1 amide bonds. The molecule has 1 heterocycles. The lowest BCUT2D eigenvalue weighted by atomic mass is 10.0. The normalized spacial score (nSPS) is 13.6. The van der Waals surface area contributed by atoms with Gasteiger partial charge in [-0.1, -0.05) is 6.92 Å². The monoisotopic (exact) mass is 304 g/mol. The molecule has 0 fully saturated rings. The lowest BCUT2D eigenvalue weighted by molar-refractivity contribution is -0.121. The van der Waals surface area contributed by atoms with Crippen LogP contribution in [0, 0.1) is 0 Å². The standard InChI is InChI=1S/C18H28N2O2/c1-3-11-19-18(21)8-4-5-13-22-16-9-10-17-15(14-16)7-6-12-20(17)2/h9-10,14H,3-8,11-13H2,1-2H3,(H,19,21). The van der Waals surface area contributed by atoms with Gasteiger partial charge in [0.2, 0.25) is 5.91 Å². The lowest BCUT2D eigenvalue weighted by Crippen LogP contribution is -2.24. The van der Waals surface area contributed by atoms with Crippen LogP contribution in [0.4, 0.5) is 5.69 Å². The highest BCUT2D eigenvalue weighted by Gasteiger charge is 2.13. The Labute approximate surface area is 133 Å². The molecule has 0 aliphatic carbocycles. The fourth-order valence-corrected chi connectivity index (χ4v) is 2.78. The average Bonchev–Trinajstić information content (AvgIpc) is 2.52. The van der Waals surface area contributed by atoms with E-state index in [4.69, 9.17) is 4.74 Å². The molecule has 0 saturated heterocycles. The molecular weight excluding hydrogens is 276 g/mol. The van der Waals surface area contributed by atoms with Gasteiger partial charge in [-0.15, -0.1) is 0 Å². The minimum atomic E-state index is 0.152. The number of nitrogens with one attached hydrogen (secondary N) is 1. The zero-order valence-corrected chi connectivity index (χ0v) is 13.9. The van der Waals surface area contributed by atoms with Crippen molar-refractivity contribution in [1.29, 1.82) is 0 Å². The van der Waals surface area contributed by atoms with Gasteiger partial charge >= 0.3 is 0 Å². The summed E-state index contributed by atoms with van der Waals surface area (Å²) >= 11 is 0. The third kappa shape index (κ3) is 4.93. The maximum atomic E-state index is 11.5. The number of hydrogen-bond donors (Lipinski definition) is 1. The van der Waals surface area contributed by atoms with Gasteiger partial charge < -0.3 is 15.0 Å². The van der Waals surface area contributed by atoms with Crippen molar-refractivity contribution < 1.29 is 9.53 Å². The second-order valence-electron chi connectivity index (χ2n) is 5.97. The minimum Gasteiger partial charge on any atom is -0.494 e. The van der Waals surface area contributed by atoms with Gasteiger partial charge in [-0.3, -0.25) is 4.79 Å². The first kappa shape index (κ1) is 16.7. The van der Waals surface area contributed by atoms with Gasteiger partial charge in [-0.05, 0) is 55.9 Å². The molecule has 0 radical (unpaired) electrons. The molecule has 0 unspecified atom stereocenters. The molecule has 0 spiro atoms. The van der Waals surface area contributed by atoms with Crippen LogP contribution >= 0.6 is 0 Å². The molecule has 22 heavy (non-hydrogen) atoms. The maximum Gasteiger partial charge on any atom is 0.219 e. The van der Waals surface area contributed by atoms with Crippen molar-refractivity contribution in [2.24, 2.45) is 0 Å². The first-order chi connectivity index (χ1) is 10.7. The van der Waals surface area contributed by atoms with E-state index < -0.39 is 0 Å². The largest absolute Gasteiger partial charge is 0.494 e. The molecule has 122 valence electrons. The molecule has 1 aliphatic heterocycles. The topological polar surface area (TPSA) is 41.6 Å². The van der Waals surface area contributed by atoms with Crippen LogP contribution in [-0.4, -0.2) is 32.7 Å². The van der Waals surface area contributed by atoms with Crippen LogP contribution < -0.4 is 15.0 Å². The third-order valence-corrected chi connectivity index (χ3v) is 4.04. The van der Waals surface area contributed by atoms with Gasteiger partial charge in [0.15, 0.2) is 0 Å². The second kappa shape index (κ2) is 8.66. The van der Waals surface area contributed by atoms with E-state index in [9.17, 15) is 4.79 Å². The summed E-state index contributed by atoms with van der Waals surface area (Å²) in [5, 5.41) is 2.89. The molecule has 1 N–H and O–H groups in total. The number of carbonyl (C=O) groups is 1. The summed E-state index contributed by atoms with van der Waals surface area (Å²) in [4.78, 5) is 13.8. The third-order valence-electron chi connectivity index (χ3n) is 4.04. The summed E-state index contributed by atoms with van der Waals surface area (Å²) in [6.45, 7) is 4.65. The van der Waals surface area contributed by atoms with Crippen LogP contribution in [0.25, 0.3) is 0 Å². The quantitative estimate of drug-likeness (QED) is 0.750. The van der Waals surface area contributed by atoms with Gasteiger partial charge in [-0.25, -0.2) is 0 Å². The zero-order valence-electron chi connectivity index (χ0n) is 13.9. The van der Waals surface area contributed by atoms with Crippen molar-refractivity contribution in [2.45, 2.75) is 45.4 Å². The van der Waals surface area contributed by atoms with Crippen molar-refractivity contribution in [3.63, 3.8) is 0 Å². The average molecular weight is 304 g/mol. The van der Waals surface area contributed by atoms with E-state index in [0.717, 1.165) is 44.5 Å².